The van der Waals surface area contributed by atoms with Crippen molar-refractivity contribution in [2.75, 3.05) is 0 Å². The zero-order valence-corrected chi connectivity index (χ0v) is 25.3. The van der Waals surface area contributed by atoms with Crippen molar-refractivity contribution in [3.05, 3.63) is 143 Å². The second-order valence-electron chi connectivity index (χ2n) is 12.1. The van der Waals surface area contributed by atoms with Crippen LogP contribution in [-0.2, 0) is 0 Å². The van der Waals surface area contributed by atoms with Crippen molar-refractivity contribution in [1.82, 2.24) is 9.13 Å². The molecule has 0 unspecified atom stereocenters. The van der Waals surface area contributed by atoms with Gasteiger partial charge in [-0.3, -0.25) is 0 Å². The van der Waals surface area contributed by atoms with Crippen LogP contribution < -0.4 is 0 Å². The highest BCUT2D eigenvalue weighted by Crippen LogP contribution is 2.41. The van der Waals surface area contributed by atoms with E-state index < -0.39 is 0 Å². The van der Waals surface area contributed by atoms with Crippen LogP contribution in [0.5, 0.6) is 0 Å². The second-order valence-corrected chi connectivity index (χ2v) is 12.1. The zero-order valence-electron chi connectivity index (χ0n) is 25.3. The molecule has 2 heterocycles. The number of aromatic nitrogens is 2. The van der Waals surface area contributed by atoms with Crippen LogP contribution in [0.25, 0.3) is 66.1 Å². The molecule has 6 aromatic carbocycles. The maximum absolute atomic E-state index is 10.7. The Morgan fingerprint density at radius 2 is 0.932 bits per heavy atom. The van der Waals surface area contributed by atoms with Crippen LogP contribution in [0.1, 0.15) is 27.8 Å². The van der Waals surface area contributed by atoms with E-state index in [0.717, 1.165) is 50.1 Å². The Labute approximate surface area is 256 Å². The van der Waals surface area contributed by atoms with Gasteiger partial charge in [0.1, 0.15) is 0 Å². The molecular formula is C41H31N3. The average molecular weight is 566 g/mol. The number of rotatable bonds is 3. The molecule has 210 valence electrons. The van der Waals surface area contributed by atoms with Gasteiger partial charge in [0.2, 0.25) is 0 Å². The minimum Gasteiger partial charge on any atom is -0.307 e. The van der Waals surface area contributed by atoms with Crippen LogP contribution in [0, 0.1) is 39.0 Å². The molecule has 8 rings (SSSR count). The molecule has 0 amide bonds. The van der Waals surface area contributed by atoms with Gasteiger partial charge in [0.25, 0.3) is 0 Å². The van der Waals surface area contributed by atoms with Gasteiger partial charge < -0.3 is 9.13 Å². The first kappa shape index (κ1) is 26.1. The number of para-hydroxylation sites is 2. The molecule has 2 aromatic heterocycles. The number of fused-ring (bicyclic) bond motifs is 6. The van der Waals surface area contributed by atoms with E-state index in [1.54, 1.807) is 0 Å². The molecule has 0 aliphatic heterocycles. The van der Waals surface area contributed by atoms with Gasteiger partial charge in [-0.2, -0.15) is 5.26 Å². The monoisotopic (exact) mass is 565 g/mol. The fourth-order valence-electron chi connectivity index (χ4n) is 7.05. The summed E-state index contributed by atoms with van der Waals surface area (Å²) in [6, 6.07) is 44.0. The summed E-state index contributed by atoms with van der Waals surface area (Å²) in [6.07, 6.45) is 0. The van der Waals surface area contributed by atoms with Gasteiger partial charge in [-0.25, -0.2) is 0 Å². The Morgan fingerprint density at radius 1 is 0.455 bits per heavy atom. The van der Waals surface area contributed by atoms with Crippen molar-refractivity contribution >= 4 is 43.6 Å². The van der Waals surface area contributed by atoms with Gasteiger partial charge in [-0.1, -0.05) is 84.4 Å². The number of hydrogen-bond donors (Lipinski definition) is 0. The van der Waals surface area contributed by atoms with Crippen LogP contribution in [0.3, 0.4) is 0 Å². The van der Waals surface area contributed by atoms with Crippen molar-refractivity contribution in [3.63, 3.8) is 0 Å². The minimum absolute atomic E-state index is 0.659. The van der Waals surface area contributed by atoms with Gasteiger partial charge in [-0.15, -0.1) is 0 Å². The number of aryl methyl sites for hydroxylation is 4. The number of benzene rings is 6. The quantitative estimate of drug-likeness (QED) is 0.210. The van der Waals surface area contributed by atoms with Gasteiger partial charge in [0.15, 0.2) is 0 Å². The van der Waals surface area contributed by atoms with E-state index in [1.165, 1.54) is 38.2 Å². The zero-order chi connectivity index (χ0) is 30.1. The third-order valence-corrected chi connectivity index (χ3v) is 9.05. The lowest BCUT2D eigenvalue weighted by molar-refractivity contribution is 1.09. The molecule has 0 bridgehead atoms. The summed E-state index contributed by atoms with van der Waals surface area (Å²) >= 11 is 0. The Bertz CT molecular complexity index is 2500. The van der Waals surface area contributed by atoms with Gasteiger partial charge in [-0.05, 0) is 86.3 Å². The highest BCUT2D eigenvalue weighted by Gasteiger charge is 2.22. The van der Waals surface area contributed by atoms with Crippen molar-refractivity contribution < 1.29 is 0 Å². The van der Waals surface area contributed by atoms with E-state index in [1.807, 2.05) is 0 Å². The lowest BCUT2D eigenvalue weighted by Gasteiger charge is -2.20. The van der Waals surface area contributed by atoms with Crippen molar-refractivity contribution in [3.8, 4) is 28.6 Å². The minimum atomic E-state index is 0.659. The molecule has 8 aromatic rings. The summed E-state index contributed by atoms with van der Waals surface area (Å²) < 4.78 is 4.76. The van der Waals surface area contributed by atoms with Gasteiger partial charge >= 0.3 is 0 Å². The Balaban J connectivity index is 1.60. The van der Waals surface area contributed by atoms with Gasteiger partial charge in [0, 0.05) is 27.1 Å². The third kappa shape index (κ3) is 3.81. The highest BCUT2D eigenvalue weighted by molar-refractivity contribution is 6.12. The molecule has 44 heavy (non-hydrogen) atoms. The number of nitrogens with zero attached hydrogens (tertiary/aromatic N) is 3. The SMILES string of the molecule is Cc1ccc(-c2cc(-n3c4ccccc4c4ccc(C)cc43)c(-n3c4ccccc4c4ccc(C)cc43)cc2C#N)c(C)c1. The Kier molecular flexibility index (Phi) is 5.76. The Morgan fingerprint density at radius 3 is 1.48 bits per heavy atom. The fourth-order valence-corrected chi connectivity index (χ4v) is 7.05. The largest absolute Gasteiger partial charge is 0.307 e. The molecule has 0 saturated carbocycles. The predicted molar refractivity (Wildman–Crippen MR) is 184 cm³/mol. The van der Waals surface area contributed by atoms with E-state index in [9.17, 15) is 5.26 Å². The van der Waals surface area contributed by atoms with E-state index in [0.29, 0.717) is 5.56 Å². The average Bonchev–Trinajstić information content (AvgIpc) is 3.52. The first-order valence-electron chi connectivity index (χ1n) is 15.1. The van der Waals surface area contributed by atoms with E-state index in [4.69, 9.17) is 0 Å². The lowest BCUT2D eigenvalue weighted by Crippen LogP contribution is -2.06. The summed E-state index contributed by atoms with van der Waals surface area (Å²) in [5, 5.41) is 15.5. The van der Waals surface area contributed by atoms with Crippen LogP contribution in [0.15, 0.2) is 115 Å². The molecule has 0 radical (unpaired) electrons. The highest BCUT2D eigenvalue weighted by atomic mass is 15.1. The fraction of sp³-hybridized carbons (Fsp3) is 0.0976. The maximum Gasteiger partial charge on any atom is 0.0998 e. The van der Waals surface area contributed by atoms with Crippen molar-refractivity contribution in [2.24, 2.45) is 0 Å². The molecular weight excluding hydrogens is 534 g/mol. The van der Waals surface area contributed by atoms with E-state index in [2.05, 4.69) is 158 Å². The molecule has 0 N–H and O–H groups in total. The smallest absolute Gasteiger partial charge is 0.0998 e. The summed E-state index contributed by atoms with van der Waals surface area (Å²) in [4.78, 5) is 0. The summed E-state index contributed by atoms with van der Waals surface area (Å²) in [5.41, 5.74) is 14.0. The summed E-state index contributed by atoms with van der Waals surface area (Å²) in [7, 11) is 0. The molecule has 0 spiro atoms. The molecule has 3 nitrogen and oxygen atoms in total. The number of nitriles is 1. The lowest BCUT2D eigenvalue weighted by atomic mass is 9.94. The molecule has 0 saturated heterocycles. The molecule has 0 aliphatic carbocycles. The standard InChI is InChI=1S/C41H31N3/c1-25-13-16-30(28(4)19-25)35-23-41(44-37-12-8-6-10-32(37)34-18-15-27(3)21-39(34)44)40(22-29(35)24-42)43-36-11-7-5-9-31(36)33-17-14-26(2)20-38(33)43/h5-23H,1-4H3. The predicted octanol–water partition coefficient (Wildman–Crippen LogP) is 10.7. The Hall–Kier alpha value is -5.59. The van der Waals surface area contributed by atoms with Gasteiger partial charge in [0.05, 0.1) is 45.1 Å². The normalized spacial score (nSPS) is 11.6. The van der Waals surface area contributed by atoms with E-state index >= 15 is 0 Å². The van der Waals surface area contributed by atoms with Crippen molar-refractivity contribution in [2.45, 2.75) is 27.7 Å². The van der Waals surface area contributed by atoms with Crippen molar-refractivity contribution in [1.29, 1.82) is 5.26 Å². The van der Waals surface area contributed by atoms with Crippen LogP contribution in [-0.4, -0.2) is 9.13 Å². The van der Waals surface area contributed by atoms with Crippen LogP contribution in [0.4, 0.5) is 0 Å². The maximum atomic E-state index is 10.7. The summed E-state index contributed by atoms with van der Waals surface area (Å²) in [6.45, 7) is 8.54. The summed E-state index contributed by atoms with van der Waals surface area (Å²) in [5.74, 6) is 0. The molecule has 0 aliphatic rings. The number of hydrogen-bond acceptors (Lipinski definition) is 1. The first-order chi connectivity index (χ1) is 21.4. The van der Waals surface area contributed by atoms with Crippen LogP contribution in [0.2, 0.25) is 0 Å². The topological polar surface area (TPSA) is 33.6 Å². The second kappa shape index (κ2) is 9.73. The third-order valence-electron chi connectivity index (χ3n) is 9.05. The van der Waals surface area contributed by atoms with E-state index in [-0.39, 0.29) is 0 Å². The molecule has 0 fully saturated rings. The first-order valence-corrected chi connectivity index (χ1v) is 15.1. The van der Waals surface area contributed by atoms with Crippen LogP contribution >= 0.6 is 0 Å². The molecule has 3 heteroatoms. The molecule has 0 atom stereocenters.